The van der Waals surface area contributed by atoms with E-state index in [2.05, 4.69) is 15.3 Å². The number of benzene rings is 1. The van der Waals surface area contributed by atoms with Gasteiger partial charge in [-0.05, 0) is 51.1 Å². The van der Waals surface area contributed by atoms with Crippen LogP contribution in [0.5, 0.6) is 5.75 Å². The summed E-state index contributed by atoms with van der Waals surface area (Å²) >= 11 is 0. The maximum Gasteiger partial charge on any atom is 0.387 e. The Morgan fingerprint density at radius 1 is 1.16 bits per heavy atom. The molecule has 0 bridgehead atoms. The van der Waals surface area contributed by atoms with Crippen LogP contribution in [-0.2, 0) is 14.3 Å². The molecule has 0 saturated heterocycles. The zero-order valence-electron chi connectivity index (χ0n) is 17.1. The fraction of sp³-hybridized carbons (Fsp3) is 0.333. The zero-order chi connectivity index (χ0) is 22.7. The Hall–Kier alpha value is -3.56. The monoisotopic (exact) mass is 433 g/mol. The van der Waals surface area contributed by atoms with E-state index in [0.29, 0.717) is 16.9 Å². The Kier molecular flexibility index (Phi) is 6.47. The summed E-state index contributed by atoms with van der Waals surface area (Å²) in [4.78, 5) is 36.2. The molecule has 1 aromatic heterocycles. The third-order valence-corrected chi connectivity index (χ3v) is 4.81. The summed E-state index contributed by atoms with van der Waals surface area (Å²) in [7, 11) is 0. The number of amides is 1. The van der Waals surface area contributed by atoms with Gasteiger partial charge < -0.3 is 14.0 Å². The number of Topliss-reactive ketones (excluding diaryl/α,β-unsaturated/α-hetero) is 1. The highest BCUT2D eigenvalue weighted by Gasteiger charge is 2.27. The number of halogens is 2. The standard InChI is InChI=1S/C21H21F2N3O5/c1-11-10-16(12(2)26(11)14-4-6-15(7-5-14)31-21(22)23)19(28)13(3)30-20(29)17-8-9-18(27)25-24-17/h4-7,10,13,21H,8-9H2,1-3H3,(H,25,27)/t13-/m0/s1. The molecule has 0 spiro atoms. The summed E-state index contributed by atoms with van der Waals surface area (Å²) in [5, 5.41) is 3.67. The van der Waals surface area contributed by atoms with Crippen molar-refractivity contribution in [1.29, 1.82) is 0 Å². The van der Waals surface area contributed by atoms with Crippen LogP contribution in [0.4, 0.5) is 8.78 Å². The Morgan fingerprint density at radius 2 is 1.84 bits per heavy atom. The van der Waals surface area contributed by atoms with Crippen molar-refractivity contribution in [3.8, 4) is 11.4 Å². The number of hydrazone groups is 1. The second-order valence-corrected chi connectivity index (χ2v) is 7.00. The summed E-state index contributed by atoms with van der Waals surface area (Å²) < 4.78 is 36.1. The number of carbonyl (C=O) groups excluding carboxylic acids is 3. The van der Waals surface area contributed by atoms with Crippen LogP contribution in [0.1, 0.15) is 41.5 Å². The molecular weight excluding hydrogens is 412 g/mol. The molecule has 0 unspecified atom stereocenters. The predicted molar refractivity (Wildman–Crippen MR) is 107 cm³/mol. The Bertz CT molecular complexity index is 1040. The van der Waals surface area contributed by atoms with E-state index < -0.39 is 24.5 Å². The lowest BCUT2D eigenvalue weighted by molar-refractivity contribution is -0.138. The second kappa shape index (κ2) is 9.07. The first-order valence-electron chi connectivity index (χ1n) is 9.52. The highest BCUT2D eigenvalue weighted by atomic mass is 19.3. The van der Waals surface area contributed by atoms with Gasteiger partial charge >= 0.3 is 12.6 Å². The number of aromatic nitrogens is 1. The minimum absolute atomic E-state index is 0.0277. The highest BCUT2D eigenvalue weighted by molar-refractivity contribution is 6.37. The number of hydrogen-bond acceptors (Lipinski definition) is 6. The van der Waals surface area contributed by atoms with Gasteiger partial charge in [-0.15, -0.1) is 0 Å². The van der Waals surface area contributed by atoms with Crippen molar-refractivity contribution in [3.63, 3.8) is 0 Å². The van der Waals surface area contributed by atoms with Gasteiger partial charge in [0.05, 0.1) is 0 Å². The number of ether oxygens (including phenoxy) is 2. The van der Waals surface area contributed by atoms with Crippen molar-refractivity contribution in [2.75, 3.05) is 0 Å². The van der Waals surface area contributed by atoms with Crippen molar-refractivity contribution in [1.82, 2.24) is 9.99 Å². The van der Waals surface area contributed by atoms with Gasteiger partial charge in [-0.3, -0.25) is 9.59 Å². The number of rotatable bonds is 7. The second-order valence-electron chi connectivity index (χ2n) is 7.00. The molecule has 164 valence electrons. The molecule has 1 N–H and O–H groups in total. The zero-order valence-corrected chi connectivity index (χ0v) is 17.1. The first-order valence-corrected chi connectivity index (χ1v) is 9.52. The smallest absolute Gasteiger partial charge is 0.387 e. The number of alkyl halides is 2. The fourth-order valence-electron chi connectivity index (χ4n) is 3.31. The van der Waals surface area contributed by atoms with Gasteiger partial charge in [0.2, 0.25) is 11.7 Å². The van der Waals surface area contributed by atoms with E-state index in [1.807, 2.05) is 0 Å². The number of carbonyl (C=O) groups is 3. The molecule has 2 aromatic rings. The Labute approximate surface area is 176 Å². The SMILES string of the molecule is Cc1cc(C(=O)[C@H](C)OC(=O)C2=NNC(=O)CC2)c(C)n1-c1ccc(OC(F)F)cc1. The molecule has 1 amide bonds. The van der Waals surface area contributed by atoms with Crippen molar-refractivity contribution < 1.29 is 32.6 Å². The third-order valence-electron chi connectivity index (χ3n) is 4.81. The molecule has 2 heterocycles. The van der Waals surface area contributed by atoms with Gasteiger partial charge in [-0.2, -0.15) is 13.9 Å². The van der Waals surface area contributed by atoms with E-state index in [1.165, 1.54) is 19.1 Å². The average molecular weight is 433 g/mol. The molecule has 1 atom stereocenters. The number of nitrogens with one attached hydrogen (secondary N) is 1. The maximum absolute atomic E-state index is 12.9. The number of aryl methyl sites for hydroxylation is 1. The number of esters is 1. The van der Waals surface area contributed by atoms with Crippen LogP contribution in [-0.4, -0.2) is 40.7 Å². The van der Waals surface area contributed by atoms with Crippen LogP contribution < -0.4 is 10.2 Å². The summed E-state index contributed by atoms with van der Waals surface area (Å²) in [5.41, 5.74) is 4.63. The van der Waals surface area contributed by atoms with E-state index in [1.54, 1.807) is 36.6 Å². The first-order chi connectivity index (χ1) is 14.7. The van der Waals surface area contributed by atoms with Crippen LogP contribution in [0.15, 0.2) is 35.4 Å². The molecule has 10 heteroatoms. The third kappa shape index (κ3) is 4.96. The minimum atomic E-state index is -2.91. The molecule has 3 rings (SSSR count). The van der Waals surface area contributed by atoms with Gasteiger partial charge in [0.1, 0.15) is 11.5 Å². The van der Waals surface area contributed by atoms with Crippen LogP contribution in [0, 0.1) is 13.8 Å². The van der Waals surface area contributed by atoms with Crippen LogP contribution in [0.2, 0.25) is 0 Å². The molecule has 8 nitrogen and oxygen atoms in total. The molecule has 1 aromatic carbocycles. The lowest BCUT2D eigenvalue weighted by Crippen LogP contribution is -2.34. The maximum atomic E-state index is 12.9. The van der Waals surface area contributed by atoms with Gasteiger partial charge in [0.15, 0.2) is 6.10 Å². The van der Waals surface area contributed by atoms with Gasteiger partial charge in [-0.25, -0.2) is 10.2 Å². The molecule has 0 saturated carbocycles. The quantitative estimate of drug-likeness (QED) is 0.535. The fourth-order valence-corrected chi connectivity index (χ4v) is 3.31. The normalized spacial score (nSPS) is 14.6. The van der Waals surface area contributed by atoms with E-state index in [4.69, 9.17) is 4.74 Å². The first kappa shape index (κ1) is 22.1. The summed E-state index contributed by atoms with van der Waals surface area (Å²) in [6.45, 7) is 2.08. The van der Waals surface area contributed by atoms with Crippen molar-refractivity contribution >= 4 is 23.4 Å². The topological polar surface area (TPSA) is 99.0 Å². The van der Waals surface area contributed by atoms with Gasteiger partial charge in [0.25, 0.3) is 0 Å². The van der Waals surface area contributed by atoms with Crippen LogP contribution in [0.25, 0.3) is 5.69 Å². The van der Waals surface area contributed by atoms with Crippen molar-refractivity contribution in [2.24, 2.45) is 5.10 Å². The minimum Gasteiger partial charge on any atom is -0.450 e. The molecule has 1 aliphatic heterocycles. The number of hydrogen-bond donors (Lipinski definition) is 1. The summed E-state index contributed by atoms with van der Waals surface area (Å²) in [6.07, 6.45) is -0.798. The van der Waals surface area contributed by atoms with E-state index in [0.717, 1.165) is 5.69 Å². The molecule has 31 heavy (non-hydrogen) atoms. The lowest BCUT2D eigenvalue weighted by Gasteiger charge is -2.15. The molecule has 1 aliphatic rings. The Balaban J connectivity index is 1.76. The Morgan fingerprint density at radius 3 is 2.42 bits per heavy atom. The van der Waals surface area contributed by atoms with Crippen molar-refractivity contribution in [3.05, 3.63) is 47.3 Å². The molecule has 0 radical (unpaired) electrons. The average Bonchev–Trinajstić information content (AvgIpc) is 3.02. The summed E-state index contributed by atoms with van der Waals surface area (Å²) in [6, 6.07) is 7.70. The molecule has 0 fully saturated rings. The highest BCUT2D eigenvalue weighted by Crippen LogP contribution is 2.25. The largest absolute Gasteiger partial charge is 0.450 e. The summed E-state index contributed by atoms with van der Waals surface area (Å²) in [5.74, 6) is -1.42. The van der Waals surface area contributed by atoms with E-state index >= 15 is 0 Å². The molecule has 0 aliphatic carbocycles. The lowest BCUT2D eigenvalue weighted by atomic mass is 10.1. The van der Waals surface area contributed by atoms with E-state index in [-0.39, 0.29) is 30.2 Å². The molecular formula is C21H21F2N3O5. The van der Waals surface area contributed by atoms with E-state index in [9.17, 15) is 23.2 Å². The predicted octanol–water partition coefficient (Wildman–Crippen LogP) is 3.08. The van der Waals surface area contributed by atoms with Crippen molar-refractivity contribution in [2.45, 2.75) is 46.3 Å². The van der Waals surface area contributed by atoms with Crippen LogP contribution >= 0.6 is 0 Å². The number of nitrogens with zero attached hydrogens (tertiary/aromatic N) is 2. The van der Waals surface area contributed by atoms with Gasteiger partial charge in [-0.1, -0.05) is 0 Å². The van der Waals surface area contributed by atoms with Gasteiger partial charge in [0, 0.05) is 35.5 Å². The van der Waals surface area contributed by atoms with Crippen LogP contribution in [0.3, 0.4) is 0 Å². The number of ketones is 1.